The summed E-state index contributed by atoms with van der Waals surface area (Å²) in [7, 11) is 0. The molecule has 1 aromatic heterocycles. The maximum Gasteiger partial charge on any atom is 0.319 e. The Morgan fingerprint density at radius 2 is 2.05 bits per heavy atom. The number of hydrogen-bond acceptors (Lipinski definition) is 3. The molecule has 0 aliphatic heterocycles. The van der Waals surface area contributed by atoms with Crippen LogP contribution in [0.1, 0.15) is 11.1 Å². The van der Waals surface area contributed by atoms with Crippen LogP contribution in [0.4, 0.5) is 10.5 Å². The summed E-state index contributed by atoms with van der Waals surface area (Å²) >= 11 is 0. The third kappa shape index (κ3) is 4.57. The topological polar surface area (TPSA) is 74.2 Å². The van der Waals surface area contributed by atoms with E-state index in [2.05, 4.69) is 15.6 Å². The number of aliphatic hydroxyl groups excluding tert-OH is 1. The first-order chi connectivity index (χ1) is 10.2. The Bertz CT molecular complexity index is 587. The molecule has 21 heavy (non-hydrogen) atoms. The van der Waals surface area contributed by atoms with Crippen LogP contribution in [0.15, 0.2) is 48.8 Å². The first-order valence-corrected chi connectivity index (χ1v) is 6.82. The van der Waals surface area contributed by atoms with E-state index in [1.54, 1.807) is 18.5 Å². The number of aliphatic hydroxyl groups is 1. The van der Waals surface area contributed by atoms with Gasteiger partial charge in [-0.2, -0.15) is 0 Å². The fraction of sp³-hybridized carbons (Fsp3) is 0.250. The highest BCUT2D eigenvalue weighted by atomic mass is 16.3. The molecule has 0 bridgehead atoms. The van der Waals surface area contributed by atoms with Crippen LogP contribution in [-0.4, -0.2) is 28.8 Å². The molecule has 1 aromatic carbocycles. The number of aromatic nitrogens is 1. The number of benzene rings is 1. The number of nitrogens with zero attached hydrogens (tertiary/aromatic N) is 1. The van der Waals surface area contributed by atoms with Crippen molar-refractivity contribution in [1.82, 2.24) is 10.3 Å². The van der Waals surface area contributed by atoms with Gasteiger partial charge >= 0.3 is 6.03 Å². The smallest absolute Gasteiger partial charge is 0.319 e. The second kappa shape index (κ2) is 7.40. The number of rotatable bonds is 5. The summed E-state index contributed by atoms with van der Waals surface area (Å²) in [6.45, 7) is 1.76. The van der Waals surface area contributed by atoms with Crippen molar-refractivity contribution in [3.63, 3.8) is 0 Å². The van der Waals surface area contributed by atoms with E-state index in [4.69, 9.17) is 0 Å². The molecule has 2 rings (SSSR count). The summed E-state index contributed by atoms with van der Waals surface area (Å²) in [6, 6.07) is 10.8. The summed E-state index contributed by atoms with van der Waals surface area (Å²) in [5.41, 5.74) is 2.66. The third-order valence-corrected chi connectivity index (χ3v) is 3.15. The fourth-order valence-corrected chi connectivity index (χ4v) is 2.02. The highest BCUT2D eigenvalue weighted by molar-refractivity contribution is 5.90. The van der Waals surface area contributed by atoms with E-state index in [0.717, 1.165) is 11.1 Å². The van der Waals surface area contributed by atoms with Crippen LogP contribution in [0, 0.1) is 6.92 Å². The average molecular weight is 285 g/mol. The SMILES string of the molecule is Cc1cnccc1NC(=O)N[C@@H](CO)Cc1ccccc1. The second-order valence-electron chi connectivity index (χ2n) is 4.86. The lowest BCUT2D eigenvalue weighted by atomic mass is 10.1. The Labute approximate surface area is 124 Å². The summed E-state index contributed by atoms with van der Waals surface area (Å²) in [5, 5.41) is 14.9. The van der Waals surface area contributed by atoms with E-state index in [1.165, 1.54) is 0 Å². The standard InChI is InChI=1S/C16H19N3O2/c1-12-10-17-8-7-15(12)19-16(21)18-14(11-20)9-13-5-3-2-4-6-13/h2-8,10,14,20H,9,11H2,1H3,(H2,17,18,19,21)/t14-/m1/s1. The quantitative estimate of drug-likeness (QED) is 0.787. The number of amides is 2. The lowest BCUT2D eigenvalue weighted by Crippen LogP contribution is -2.41. The molecule has 0 spiro atoms. The number of nitrogens with one attached hydrogen (secondary N) is 2. The van der Waals surface area contributed by atoms with Gasteiger partial charge in [-0.3, -0.25) is 4.98 Å². The fourth-order valence-electron chi connectivity index (χ4n) is 2.02. The Kier molecular flexibility index (Phi) is 5.29. The molecule has 3 N–H and O–H groups in total. The van der Waals surface area contributed by atoms with Gasteiger partial charge in [0.1, 0.15) is 0 Å². The van der Waals surface area contributed by atoms with Crippen LogP contribution in [0.2, 0.25) is 0 Å². The van der Waals surface area contributed by atoms with Crippen molar-refractivity contribution < 1.29 is 9.90 Å². The zero-order valence-corrected chi connectivity index (χ0v) is 11.9. The molecule has 1 heterocycles. The molecule has 0 saturated heterocycles. The van der Waals surface area contributed by atoms with Crippen LogP contribution in [-0.2, 0) is 6.42 Å². The molecule has 0 unspecified atom stereocenters. The normalized spacial score (nSPS) is 11.7. The van der Waals surface area contributed by atoms with E-state index >= 15 is 0 Å². The largest absolute Gasteiger partial charge is 0.394 e. The minimum atomic E-state index is -0.334. The van der Waals surface area contributed by atoms with Gasteiger partial charge in [0.25, 0.3) is 0 Å². The van der Waals surface area contributed by atoms with Crippen molar-refractivity contribution in [1.29, 1.82) is 0 Å². The number of urea groups is 1. The van der Waals surface area contributed by atoms with Crippen LogP contribution in [0.25, 0.3) is 0 Å². The predicted octanol–water partition coefficient (Wildman–Crippen LogP) is 2.12. The van der Waals surface area contributed by atoms with E-state index in [9.17, 15) is 9.90 Å². The Morgan fingerprint density at radius 3 is 2.71 bits per heavy atom. The number of hydrogen-bond donors (Lipinski definition) is 3. The van der Waals surface area contributed by atoms with Crippen molar-refractivity contribution in [2.45, 2.75) is 19.4 Å². The predicted molar refractivity (Wildman–Crippen MR) is 82.1 cm³/mol. The molecular formula is C16H19N3O2. The average Bonchev–Trinajstić information content (AvgIpc) is 2.50. The molecule has 110 valence electrons. The van der Waals surface area contributed by atoms with Crippen LogP contribution >= 0.6 is 0 Å². The van der Waals surface area contributed by atoms with Crippen molar-refractivity contribution in [3.05, 3.63) is 59.9 Å². The zero-order chi connectivity index (χ0) is 15.1. The van der Waals surface area contributed by atoms with Crippen LogP contribution < -0.4 is 10.6 Å². The van der Waals surface area contributed by atoms with Crippen molar-refractivity contribution in [2.75, 3.05) is 11.9 Å². The lowest BCUT2D eigenvalue weighted by molar-refractivity contribution is 0.224. The first kappa shape index (κ1) is 15.0. The molecule has 1 atom stereocenters. The third-order valence-electron chi connectivity index (χ3n) is 3.15. The van der Waals surface area contributed by atoms with Gasteiger partial charge in [-0.15, -0.1) is 0 Å². The summed E-state index contributed by atoms with van der Waals surface area (Å²) in [4.78, 5) is 15.9. The van der Waals surface area contributed by atoms with E-state index in [1.807, 2.05) is 37.3 Å². The maximum absolute atomic E-state index is 12.0. The van der Waals surface area contributed by atoms with Gasteiger partial charge < -0.3 is 15.7 Å². The van der Waals surface area contributed by atoms with E-state index < -0.39 is 0 Å². The van der Waals surface area contributed by atoms with Crippen molar-refractivity contribution in [2.24, 2.45) is 0 Å². The van der Waals surface area contributed by atoms with Gasteiger partial charge in [0.05, 0.1) is 12.6 Å². The molecule has 0 aliphatic carbocycles. The Hall–Kier alpha value is -2.40. The van der Waals surface area contributed by atoms with Crippen molar-refractivity contribution in [3.8, 4) is 0 Å². The van der Waals surface area contributed by atoms with Gasteiger partial charge in [0.2, 0.25) is 0 Å². The summed E-state index contributed by atoms with van der Waals surface area (Å²) in [5.74, 6) is 0. The highest BCUT2D eigenvalue weighted by Gasteiger charge is 2.12. The Balaban J connectivity index is 1.92. The maximum atomic E-state index is 12.0. The molecule has 2 aromatic rings. The molecule has 2 amide bonds. The Morgan fingerprint density at radius 1 is 1.29 bits per heavy atom. The van der Waals surface area contributed by atoms with Crippen LogP contribution in [0.3, 0.4) is 0 Å². The van der Waals surface area contributed by atoms with Gasteiger partial charge in [-0.1, -0.05) is 30.3 Å². The minimum Gasteiger partial charge on any atom is -0.394 e. The van der Waals surface area contributed by atoms with E-state index in [-0.39, 0.29) is 18.7 Å². The number of carbonyl (C=O) groups excluding carboxylic acids is 1. The monoisotopic (exact) mass is 285 g/mol. The summed E-state index contributed by atoms with van der Waals surface area (Å²) in [6.07, 6.45) is 3.89. The first-order valence-electron chi connectivity index (χ1n) is 6.82. The van der Waals surface area contributed by atoms with Crippen molar-refractivity contribution >= 4 is 11.7 Å². The van der Waals surface area contributed by atoms with Gasteiger partial charge in [0.15, 0.2) is 0 Å². The molecule has 0 fully saturated rings. The molecule has 5 heteroatoms. The second-order valence-corrected chi connectivity index (χ2v) is 4.86. The highest BCUT2D eigenvalue weighted by Crippen LogP contribution is 2.11. The summed E-state index contributed by atoms with van der Waals surface area (Å²) < 4.78 is 0. The number of aryl methyl sites for hydroxylation is 1. The molecule has 5 nitrogen and oxygen atoms in total. The molecule has 0 aliphatic rings. The number of pyridine rings is 1. The lowest BCUT2D eigenvalue weighted by Gasteiger charge is -2.17. The van der Waals surface area contributed by atoms with Crippen LogP contribution in [0.5, 0.6) is 0 Å². The van der Waals surface area contributed by atoms with E-state index in [0.29, 0.717) is 12.1 Å². The molecular weight excluding hydrogens is 266 g/mol. The number of carbonyl (C=O) groups is 1. The van der Waals surface area contributed by atoms with Gasteiger partial charge in [-0.25, -0.2) is 4.79 Å². The minimum absolute atomic E-state index is 0.113. The molecule has 0 radical (unpaired) electrons. The van der Waals surface area contributed by atoms with Gasteiger partial charge in [0, 0.05) is 18.1 Å². The zero-order valence-electron chi connectivity index (χ0n) is 11.9. The molecule has 0 saturated carbocycles. The number of anilines is 1. The van der Waals surface area contributed by atoms with Gasteiger partial charge in [-0.05, 0) is 30.5 Å².